The number of Topliss-reactive ketones (excluding diaryl/α,β-unsaturated/α-hetero) is 1. The number of ketones is 1. The molecule has 0 radical (unpaired) electrons. The molecule has 0 aromatic carbocycles. The summed E-state index contributed by atoms with van der Waals surface area (Å²) in [5.74, 6) is 2.13. The van der Waals surface area contributed by atoms with Crippen molar-refractivity contribution in [2.24, 2.45) is 23.5 Å². The first-order valence-electron chi connectivity index (χ1n) is 5.11. The lowest BCUT2D eigenvalue weighted by atomic mass is 9.68. The Labute approximate surface area is 79.3 Å². The van der Waals surface area contributed by atoms with Crippen LogP contribution in [0.3, 0.4) is 0 Å². The van der Waals surface area contributed by atoms with E-state index in [1.165, 1.54) is 0 Å². The van der Waals surface area contributed by atoms with Crippen LogP contribution < -0.4 is 5.73 Å². The van der Waals surface area contributed by atoms with Gasteiger partial charge in [-0.1, -0.05) is 0 Å². The van der Waals surface area contributed by atoms with E-state index in [1.807, 2.05) is 0 Å². The van der Waals surface area contributed by atoms with E-state index in [0.717, 1.165) is 32.5 Å². The van der Waals surface area contributed by atoms with Gasteiger partial charge in [0.2, 0.25) is 0 Å². The van der Waals surface area contributed by atoms with Crippen LogP contribution in [0.25, 0.3) is 0 Å². The SMILES string of the molecule is CN1CC2CC(=O)CC(C1)C2CN. The molecule has 2 aliphatic rings. The van der Waals surface area contributed by atoms with Gasteiger partial charge in [-0.15, -0.1) is 0 Å². The number of hydrogen-bond donors (Lipinski definition) is 1. The van der Waals surface area contributed by atoms with E-state index in [-0.39, 0.29) is 0 Å². The fourth-order valence-corrected chi connectivity index (χ4v) is 3.02. The van der Waals surface area contributed by atoms with Gasteiger partial charge in [-0.3, -0.25) is 4.79 Å². The van der Waals surface area contributed by atoms with Gasteiger partial charge in [-0.05, 0) is 31.3 Å². The third-order valence-electron chi connectivity index (χ3n) is 3.56. The molecule has 1 aliphatic carbocycles. The smallest absolute Gasteiger partial charge is 0.133 e. The Bertz CT molecular complexity index is 199. The van der Waals surface area contributed by atoms with Crippen LogP contribution in [-0.4, -0.2) is 37.4 Å². The number of carbonyl (C=O) groups excluding carboxylic acids is 1. The molecule has 0 aromatic heterocycles. The molecule has 3 nitrogen and oxygen atoms in total. The Morgan fingerprint density at radius 2 is 1.92 bits per heavy atom. The Kier molecular flexibility index (Phi) is 2.39. The summed E-state index contributed by atoms with van der Waals surface area (Å²) in [4.78, 5) is 13.7. The quantitative estimate of drug-likeness (QED) is 0.625. The predicted molar refractivity (Wildman–Crippen MR) is 51.3 cm³/mol. The largest absolute Gasteiger partial charge is 0.330 e. The summed E-state index contributed by atoms with van der Waals surface area (Å²) >= 11 is 0. The molecule has 3 heteroatoms. The summed E-state index contributed by atoms with van der Waals surface area (Å²) in [6.07, 6.45) is 1.53. The molecule has 2 bridgehead atoms. The number of carbonyl (C=O) groups is 1. The Morgan fingerprint density at radius 1 is 1.38 bits per heavy atom. The lowest BCUT2D eigenvalue weighted by Crippen LogP contribution is -2.51. The average molecular weight is 182 g/mol. The minimum Gasteiger partial charge on any atom is -0.330 e. The van der Waals surface area contributed by atoms with Crippen LogP contribution in [0.4, 0.5) is 0 Å². The topological polar surface area (TPSA) is 46.3 Å². The molecule has 1 saturated heterocycles. The first kappa shape index (κ1) is 9.16. The van der Waals surface area contributed by atoms with Crippen LogP contribution in [-0.2, 0) is 4.79 Å². The maximum atomic E-state index is 11.4. The molecular formula is C10H18N2O. The van der Waals surface area contributed by atoms with Crippen molar-refractivity contribution in [1.29, 1.82) is 0 Å². The molecule has 2 atom stereocenters. The van der Waals surface area contributed by atoms with E-state index in [2.05, 4.69) is 11.9 Å². The van der Waals surface area contributed by atoms with E-state index < -0.39 is 0 Å². The number of hydrogen-bond acceptors (Lipinski definition) is 3. The molecule has 13 heavy (non-hydrogen) atoms. The van der Waals surface area contributed by atoms with Crippen molar-refractivity contribution in [3.63, 3.8) is 0 Å². The van der Waals surface area contributed by atoms with Crippen LogP contribution >= 0.6 is 0 Å². The molecule has 0 amide bonds. The van der Waals surface area contributed by atoms with E-state index in [9.17, 15) is 4.79 Å². The lowest BCUT2D eigenvalue weighted by Gasteiger charge is -2.45. The first-order valence-corrected chi connectivity index (χ1v) is 5.11. The molecule has 1 aliphatic heterocycles. The van der Waals surface area contributed by atoms with Crippen molar-refractivity contribution in [2.45, 2.75) is 12.8 Å². The van der Waals surface area contributed by atoms with Crippen molar-refractivity contribution in [3.05, 3.63) is 0 Å². The van der Waals surface area contributed by atoms with Crippen LogP contribution in [0.15, 0.2) is 0 Å². The summed E-state index contributed by atoms with van der Waals surface area (Å²) in [6, 6.07) is 0. The molecule has 2 unspecified atom stereocenters. The maximum Gasteiger partial charge on any atom is 0.133 e. The van der Waals surface area contributed by atoms with Gasteiger partial charge in [0.1, 0.15) is 5.78 Å². The van der Waals surface area contributed by atoms with Crippen molar-refractivity contribution < 1.29 is 4.79 Å². The highest BCUT2D eigenvalue weighted by Crippen LogP contribution is 2.36. The minimum absolute atomic E-state index is 0.452. The molecule has 1 heterocycles. The predicted octanol–water partition coefficient (Wildman–Crippen LogP) is 0.102. The number of nitrogens with two attached hydrogens (primary N) is 1. The minimum atomic E-state index is 0.452. The highest BCUT2D eigenvalue weighted by atomic mass is 16.1. The molecule has 2 rings (SSSR count). The second-order valence-corrected chi connectivity index (χ2v) is 4.59. The Balaban J connectivity index is 2.13. The fourth-order valence-electron chi connectivity index (χ4n) is 3.02. The summed E-state index contributed by atoms with van der Waals surface area (Å²) in [6.45, 7) is 2.88. The number of rotatable bonds is 1. The van der Waals surface area contributed by atoms with Gasteiger partial charge in [0.15, 0.2) is 0 Å². The third kappa shape index (κ3) is 1.63. The van der Waals surface area contributed by atoms with E-state index in [0.29, 0.717) is 23.5 Å². The van der Waals surface area contributed by atoms with Gasteiger partial charge in [0.05, 0.1) is 0 Å². The van der Waals surface area contributed by atoms with E-state index >= 15 is 0 Å². The zero-order valence-electron chi connectivity index (χ0n) is 8.20. The Hall–Kier alpha value is -0.410. The zero-order valence-corrected chi connectivity index (χ0v) is 8.20. The van der Waals surface area contributed by atoms with Gasteiger partial charge < -0.3 is 10.6 Å². The highest BCUT2D eigenvalue weighted by Gasteiger charge is 2.40. The van der Waals surface area contributed by atoms with Crippen LogP contribution in [0.1, 0.15) is 12.8 Å². The van der Waals surface area contributed by atoms with Crippen LogP contribution in [0, 0.1) is 17.8 Å². The van der Waals surface area contributed by atoms with Crippen molar-refractivity contribution in [3.8, 4) is 0 Å². The van der Waals surface area contributed by atoms with Gasteiger partial charge in [0.25, 0.3) is 0 Å². The maximum absolute atomic E-state index is 11.4. The van der Waals surface area contributed by atoms with Gasteiger partial charge in [0, 0.05) is 25.9 Å². The van der Waals surface area contributed by atoms with E-state index in [1.54, 1.807) is 0 Å². The number of nitrogens with zero attached hydrogens (tertiary/aromatic N) is 1. The summed E-state index contributed by atoms with van der Waals surface area (Å²) in [5, 5.41) is 0. The second kappa shape index (κ2) is 3.39. The van der Waals surface area contributed by atoms with Gasteiger partial charge in [-0.25, -0.2) is 0 Å². The monoisotopic (exact) mass is 182 g/mol. The number of fused-ring (bicyclic) bond motifs is 2. The normalized spacial score (nSPS) is 40.8. The standard InChI is InChI=1S/C10H18N2O/c1-12-5-7-2-9(13)3-8(6-12)10(7)4-11/h7-8,10H,2-6,11H2,1H3. The molecule has 2 fully saturated rings. The molecule has 74 valence electrons. The third-order valence-corrected chi connectivity index (χ3v) is 3.56. The van der Waals surface area contributed by atoms with Crippen molar-refractivity contribution in [1.82, 2.24) is 4.90 Å². The molecule has 2 N–H and O–H groups in total. The summed E-state index contributed by atoms with van der Waals surface area (Å²) in [7, 11) is 2.14. The molecule has 0 aromatic rings. The highest BCUT2D eigenvalue weighted by molar-refractivity contribution is 5.80. The molecular weight excluding hydrogens is 164 g/mol. The van der Waals surface area contributed by atoms with Crippen molar-refractivity contribution >= 4 is 5.78 Å². The van der Waals surface area contributed by atoms with Crippen LogP contribution in [0.5, 0.6) is 0 Å². The van der Waals surface area contributed by atoms with Crippen LogP contribution in [0.2, 0.25) is 0 Å². The van der Waals surface area contributed by atoms with Gasteiger partial charge >= 0.3 is 0 Å². The fraction of sp³-hybridized carbons (Fsp3) is 0.900. The number of likely N-dealkylation sites (tertiary alicyclic amines) is 1. The summed E-state index contributed by atoms with van der Waals surface area (Å²) in [5.41, 5.74) is 5.75. The molecule has 1 saturated carbocycles. The second-order valence-electron chi connectivity index (χ2n) is 4.59. The zero-order chi connectivity index (χ0) is 9.42. The Morgan fingerprint density at radius 3 is 2.38 bits per heavy atom. The van der Waals surface area contributed by atoms with Gasteiger partial charge in [-0.2, -0.15) is 0 Å². The molecule has 0 spiro atoms. The van der Waals surface area contributed by atoms with Crippen molar-refractivity contribution in [2.75, 3.05) is 26.7 Å². The summed E-state index contributed by atoms with van der Waals surface area (Å²) < 4.78 is 0. The number of piperidine rings is 1. The average Bonchev–Trinajstić information content (AvgIpc) is 2.01. The first-order chi connectivity index (χ1) is 6.20. The lowest BCUT2D eigenvalue weighted by molar-refractivity contribution is -0.127. The van der Waals surface area contributed by atoms with E-state index in [4.69, 9.17) is 5.73 Å².